The first-order chi connectivity index (χ1) is 12.6. The molecule has 1 heterocycles. The molecule has 140 valence electrons. The van der Waals surface area contributed by atoms with Gasteiger partial charge in [-0.15, -0.1) is 0 Å². The van der Waals surface area contributed by atoms with Gasteiger partial charge in [0.25, 0.3) is 0 Å². The molecule has 0 unspecified atom stereocenters. The molecule has 1 aliphatic heterocycles. The van der Waals surface area contributed by atoms with E-state index in [4.69, 9.17) is 0 Å². The van der Waals surface area contributed by atoms with E-state index >= 15 is 0 Å². The molecule has 0 bridgehead atoms. The maximum Gasteiger partial charge on any atom is 0.243 e. The Morgan fingerprint density at radius 3 is 2.27 bits per heavy atom. The fourth-order valence-corrected chi connectivity index (χ4v) is 4.93. The van der Waals surface area contributed by atoms with E-state index in [-0.39, 0.29) is 0 Å². The number of anilines is 1. The summed E-state index contributed by atoms with van der Waals surface area (Å²) in [5.41, 5.74) is 2.30. The lowest BCUT2D eigenvalue weighted by Gasteiger charge is -2.31. The van der Waals surface area contributed by atoms with Crippen molar-refractivity contribution in [3.8, 4) is 0 Å². The Hall–Kier alpha value is -1.85. The van der Waals surface area contributed by atoms with Crippen LogP contribution in [-0.4, -0.2) is 32.4 Å². The van der Waals surface area contributed by atoms with Gasteiger partial charge in [0.2, 0.25) is 10.0 Å². The third kappa shape index (κ3) is 4.65. The van der Waals surface area contributed by atoms with E-state index in [0.717, 1.165) is 37.9 Å². The number of rotatable bonds is 7. The minimum absolute atomic E-state index is 0.390. The summed E-state index contributed by atoms with van der Waals surface area (Å²) in [6, 6.07) is 17.6. The Labute approximate surface area is 157 Å². The van der Waals surface area contributed by atoms with E-state index in [0.29, 0.717) is 23.9 Å². The lowest BCUT2D eigenvalue weighted by atomic mass is 9.91. The second kappa shape index (κ2) is 8.69. The summed E-state index contributed by atoms with van der Waals surface area (Å²) < 4.78 is 27.4. The van der Waals surface area contributed by atoms with Crippen LogP contribution in [0, 0.1) is 5.92 Å². The van der Waals surface area contributed by atoms with Crippen LogP contribution in [0.3, 0.4) is 0 Å². The largest absolute Gasteiger partial charge is 0.385 e. The lowest BCUT2D eigenvalue weighted by Crippen LogP contribution is -2.38. The smallest absolute Gasteiger partial charge is 0.243 e. The van der Waals surface area contributed by atoms with Crippen LogP contribution in [0.25, 0.3) is 0 Å². The number of nitrogens with zero attached hydrogens (tertiary/aromatic N) is 1. The fourth-order valence-electron chi connectivity index (χ4n) is 3.46. The van der Waals surface area contributed by atoms with Gasteiger partial charge in [-0.05, 0) is 61.4 Å². The van der Waals surface area contributed by atoms with Crippen molar-refractivity contribution < 1.29 is 8.42 Å². The van der Waals surface area contributed by atoms with Crippen LogP contribution in [0.1, 0.15) is 31.7 Å². The van der Waals surface area contributed by atoms with Crippen LogP contribution in [0.15, 0.2) is 59.5 Å². The van der Waals surface area contributed by atoms with Gasteiger partial charge >= 0.3 is 0 Å². The molecule has 4 nitrogen and oxygen atoms in total. The molecular formula is C21H28N2O2S. The van der Waals surface area contributed by atoms with Crippen LogP contribution in [-0.2, 0) is 16.4 Å². The van der Waals surface area contributed by atoms with Gasteiger partial charge in [-0.1, -0.05) is 37.3 Å². The van der Waals surface area contributed by atoms with Crippen molar-refractivity contribution in [2.24, 2.45) is 5.92 Å². The first kappa shape index (κ1) is 18.9. The summed E-state index contributed by atoms with van der Waals surface area (Å²) in [5.74, 6) is 0.560. The highest BCUT2D eigenvalue weighted by molar-refractivity contribution is 7.89. The van der Waals surface area contributed by atoms with E-state index in [1.54, 1.807) is 16.4 Å². The molecule has 0 aliphatic carbocycles. The summed E-state index contributed by atoms with van der Waals surface area (Å²) in [6.45, 7) is 4.21. The molecule has 0 saturated carbocycles. The number of nitrogens with one attached hydrogen (secondary N) is 1. The molecule has 0 aromatic heterocycles. The highest BCUT2D eigenvalue weighted by atomic mass is 32.2. The van der Waals surface area contributed by atoms with Gasteiger partial charge in [-0.25, -0.2) is 8.42 Å². The van der Waals surface area contributed by atoms with E-state index in [9.17, 15) is 8.42 Å². The summed E-state index contributed by atoms with van der Waals surface area (Å²) in [5, 5.41) is 3.27. The summed E-state index contributed by atoms with van der Waals surface area (Å²) >= 11 is 0. The lowest BCUT2D eigenvalue weighted by molar-refractivity contribution is 0.273. The number of piperidine rings is 1. The summed E-state index contributed by atoms with van der Waals surface area (Å²) in [7, 11) is -3.39. The number of hydrogen-bond acceptors (Lipinski definition) is 3. The predicted octanol–water partition coefficient (Wildman–Crippen LogP) is 4.15. The fraction of sp³-hybridized carbons (Fsp3) is 0.429. The van der Waals surface area contributed by atoms with Gasteiger partial charge in [-0.2, -0.15) is 4.31 Å². The molecule has 0 spiro atoms. The van der Waals surface area contributed by atoms with E-state index in [1.807, 2.05) is 18.2 Å². The van der Waals surface area contributed by atoms with Gasteiger partial charge in [0.05, 0.1) is 4.90 Å². The maximum atomic E-state index is 12.9. The number of sulfonamides is 1. The van der Waals surface area contributed by atoms with Crippen LogP contribution in [0.5, 0.6) is 0 Å². The molecule has 1 saturated heterocycles. The Morgan fingerprint density at radius 2 is 1.65 bits per heavy atom. The van der Waals surface area contributed by atoms with Crippen molar-refractivity contribution in [2.75, 3.05) is 25.0 Å². The maximum absolute atomic E-state index is 12.9. The van der Waals surface area contributed by atoms with Crippen molar-refractivity contribution in [3.63, 3.8) is 0 Å². The molecule has 0 radical (unpaired) electrons. The van der Waals surface area contributed by atoms with Crippen LogP contribution >= 0.6 is 0 Å². The Morgan fingerprint density at radius 1 is 1.00 bits per heavy atom. The Bertz CT molecular complexity index is 781. The van der Waals surface area contributed by atoms with Crippen molar-refractivity contribution >= 4 is 15.7 Å². The van der Waals surface area contributed by atoms with Crippen molar-refractivity contribution in [1.82, 2.24) is 4.31 Å². The normalized spacial score (nSPS) is 16.5. The third-order valence-electron chi connectivity index (χ3n) is 5.01. The molecule has 26 heavy (non-hydrogen) atoms. The molecule has 3 rings (SSSR count). The SMILES string of the molecule is CCCNc1ccc(S(=O)(=O)N2CCC(Cc3ccccc3)CC2)cc1. The molecule has 2 aromatic carbocycles. The molecule has 2 aromatic rings. The van der Waals surface area contributed by atoms with E-state index in [2.05, 4.69) is 36.5 Å². The van der Waals surface area contributed by atoms with Crippen LogP contribution < -0.4 is 5.32 Å². The number of hydrogen-bond donors (Lipinski definition) is 1. The average Bonchev–Trinajstić information content (AvgIpc) is 2.68. The van der Waals surface area contributed by atoms with Gasteiger partial charge in [0.1, 0.15) is 0 Å². The molecule has 1 fully saturated rings. The molecule has 1 aliphatic rings. The zero-order valence-corrected chi connectivity index (χ0v) is 16.2. The second-order valence-electron chi connectivity index (χ2n) is 6.99. The third-order valence-corrected chi connectivity index (χ3v) is 6.92. The molecular weight excluding hydrogens is 344 g/mol. The summed E-state index contributed by atoms with van der Waals surface area (Å²) in [6.07, 6.45) is 3.92. The zero-order chi connectivity index (χ0) is 18.4. The minimum atomic E-state index is -3.39. The predicted molar refractivity (Wildman–Crippen MR) is 107 cm³/mol. The highest BCUT2D eigenvalue weighted by Gasteiger charge is 2.29. The average molecular weight is 373 g/mol. The molecule has 5 heteroatoms. The van der Waals surface area contributed by atoms with E-state index in [1.165, 1.54) is 5.56 Å². The van der Waals surface area contributed by atoms with Crippen LogP contribution in [0.4, 0.5) is 5.69 Å². The zero-order valence-electron chi connectivity index (χ0n) is 15.4. The molecule has 1 N–H and O–H groups in total. The second-order valence-corrected chi connectivity index (χ2v) is 8.93. The Balaban J connectivity index is 1.59. The standard InChI is InChI=1S/C21H28N2O2S/c1-2-14-22-20-8-10-21(11-9-20)26(24,25)23-15-12-19(13-16-23)17-18-6-4-3-5-7-18/h3-11,19,22H,2,12-17H2,1H3. The van der Waals surface area contributed by atoms with Gasteiger partial charge in [-0.3, -0.25) is 0 Å². The number of benzene rings is 2. The van der Waals surface area contributed by atoms with Crippen molar-refractivity contribution in [2.45, 2.75) is 37.5 Å². The minimum Gasteiger partial charge on any atom is -0.385 e. The highest BCUT2D eigenvalue weighted by Crippen LogP contribution is 2.26. The summed E-state index contributed by atoms with van der Waals surface area (Å²) in [4.78, 5) is 0.390. The monoisotopic (exact) mass is 372 g/mol. The van der Waals surface area contributed by atoms with Crippen molar-refractivity contribution in [3.05, 3.63) is 60.2 Å². The van der Waals surface area contributed by atoms with Gasteiger partial charge in [0.15, 0.2) is 0 Å². The quantitative estimate of drug-likeness (QED) is 0.794. The first-order valence-electron chi connectivity index (χ1n) is 9.47. The Kier molecular flexibility index (Phi) is 6.33. The van der Waals surface area contributed by atoms with Gasteiger partial charge in [0, 0.05) is 25.3 Å². The van der Waals surface area contributed by atoms with Crippen LogP contribution in [0.2, 0.25) is 0 Å². The first-order valence-corrected chi connectivity index (χ1v) is 10.9. The topological polar surface area (TPSA) is 49.4 Å². The molecule has 0 amide bonds. The molecule has 0 atom stereocenters. The van der Waals surface area contributed by atoms with E-state index < -0.39 is 10.0 Å². The van der Waals surface area contributed by atoms with Gasteiger partial charge < -0.3 is 5.32 Å². The van der Waals surface area contributed by atoms with Crippen molar-refractivity contribution in [1.29, 1.82) is 0 Å².